The number of aliphatic hydroxyl groups excluding tert-OH is 1. The summed E-state index contributed by atoms with van der Waals surface area (Å²) in [6.45, 7) is 2.76. The molecule has 0 aromatic heterocycles. The summed E-state index contributed by atoms with van der Waals surface area (Å²) < 4.78 is 0. The number of carbonyl (C=O) groups excluding carboxylic acids is 1. The fourth-order valence-electron chi connectivity index (χ4n) is 4.10. The maximum atomic E-state index is 12.4. The van der Waals surface area contributed by atoms with Gasteiger partial charge in [0.15, 0.2) is 0 Å². The number of likely N-dealkylation sites (tertiary alicyclic amines) is 1. The van der Waals surface area contributed by atoms with Gasteiger partial charge in [0.25, 0.3) is 0 Å². The van der Waals surface area contributed by atoms with Crippen LogP contribution >= 0.6 is 0 Å². The Morgan fingerprint density at radius 1 is 1.08 bits per heavy atom. The summed E-state index contributed by atoms with van der Waals surface area (Å²) in [4.78, 5) is 14.7. The van der Waals surface area contributed by atoms with Crippen LogP contribution < -0.4 is 5.32 Å². The van der Waals surface area contributed by atoms with E-state index in [4.69, 9.17) is 0 Å². The molecule has 1 aliphatic carbocycles. The highest BCUT2D eigenvalue weighted by atomic mass is 16.3. The monoisotopic (exact) mass is 330 g/mol. The molecule has 0 bridgehead atoms. The average molecular weight is 330 g/mol. The van der Waals surface area contributed by atoms with Crippen LogP contribution in [0.2, 0.25) is 0 Å². The van der Waals surface area contributed by atoms with E-state index in [-0.39, 0.29) is 24.5 Å². The van der Waals surface area contributed by atoms with Gasteiger partial charge in [-0.3, -0.25) is 9.69 Å². The van der Waals surface area contributed by atoms with Crippen molar-refractivity contribution < 1.29 is 9.90 Å². The largest absolute Gasteiger partial charge is 0.395 e. The lowest BCUT2D eigenvalue weighted by atomic mass is 9.88. The Kier molecular flexibility index (Phi) is 6.27. The van der Waals surface area contributed by atoms with E-state index < -0.39 is 0 Å². The van der Waals surface area contributed by atoms with E-state index >= 15 is 0 Å². The van der Waals surface area contributed by atoms with E-state index in [1.54, 1.807) is 0 Å². The summed E-state index contributed by atoms with van der Waals surface area (Å²) in [6, 6.07) is 8.65. The van der Waals surface area contributed by atoms with Gasteiger partial charge in [0, 0.05) is 25.0 Å². The highest BCUT2D eigenvalue weighted by molar-refractivity contribution is 5.78. The predicted octanol–water partition coefficient (Wildman–Crippen LogP) is 2.84. The zero-order valence-corrected chi connectivity index (χ0v) is 14.5. The van der Waals surface area contributed by atoms with E-state index in [1.807, 2.05) is 6.07 Å². The molecule has 1 aromatic carbocycles. The van der Waals surface area contributed by atoms with Gasteiger partial charge in [0.2, 0.25) is 5.91 Å². The molecule has 4 heteroatoms. The highest BCUT2D eigenvalue weighted by Gasteiger charge is 2.24. The summed E-state index contributed by atoms with van der Waals surface area (Å²) in [5.41, 5.74) is 2.46. The molecule has 1 saturated carbocycles. The fourth-order valence-corrected chi connectivity index (χ4v) is 4.10. The van der Waals surface area contributed by atoms with Crippen molar-refractivity contribution in [3.05, 3.63) is 35.4 Å². The number of hydrogen-bond acceptors (Lipinski definition) is 3. The number of rotatable bonds is 6. The number of benzene rings is 1. The minimum absolute atomic E-state index is 0.211. The normalized spacial score (nSPS) is 22.6. The van der Waals surface area contributed by atoms with E-state index in [2.05, 4.69) is 28.4 Å². The minimum atomic E-state index is 0.211. The average Bonchev–Trinajstić information content (AvgIpc) is 3.08. The van der Waals surface area contributed by atoms with Crippen molar-refractivity contribution in [1.29, 1.82) is 0 Å². The molecule has 0 spiro atoms. The third-order valence-electron chi connectivity index (χ3n) is 5.63. The SMILES string of the molecule is O=C(NCc1ccccc1CN1CCC[C@H]1CO)C1CCCCC1. The molecule has 1 saturated heterocycles. The Labute approximate surface area is 145 Å². The van der Waals surface area contributed by atoms with Gasteiger partial charge in [0.05, 0.1) is 6.61 Å². The summed E-state index contributed by atoms with van der Waals surface area (Å²) in [7, 11) is 0. The van der Waals surface area contributed by atoms with Crippen molar-refractivity contribution in [2.75, 3.05) is 13.2 Å². The van der Waals surface area contributed by atoms with Crippen molar-refractivity contribution >= 4 is 5.91 Å². The third-order valence-corrected chi connectivity index (χ3v) is 5.63. The Morgan fingerprint density at radius 2 is 1.83 bits per heavy atom. The summed E-state index contributed by atoms with van der Waals surface area (Å²) in [5, 5.41) is 12.7. The number of nitrogens with zero attached hydrogens (tertiary/aromatic N) is 1. The van der Waals surface area contributed by atoms with Crippen LogP contribution in [0.3, 0.4) is 0 Å². The van der Waals surface area contributed by atoms with Gasteiger partial charge >= 0.3 is 0 Å². The van der Waals surface area contributed by atoms with Gasteiger partial charge in [-0.2, -0.15) is 0 Å². The number of carbonyl (C=O) groups is 1. The third kappa shape index (κ3) is 4.37. The lowest BCUT2D eigenvalue weighted by Gasteiger charge is -2.24. The molecule has 1 aromatic rings. The van der Waals surface area contributed by atoms with Crippen LogP contribution in [0.5, 0.6) is 0 Å². The molecule has 3 rings (SSSR count). The maximum Gasteiger partial charge on any atom is 0.223 e. The highest BCUT2D eigenvalue weighted by Crippen LogP contribution is 2.24. The van der Waals surface area contributed by atoms with Crippen LogP contribution in [-0.4, -0.2) is 35.1 Å². The van der Waals surface area contributed by atoms with Crippen LogP contribution in [0, 0.1) is 5.92 Å². The van der Waals surface area contributed by atoms with Gasteiger partial charge in [-0.15, -0.1) is 0 Å². The minimum Gasteiger partial charge on any atom is -0.395 e. The Bertz CT molecular complexity index is 540. The quantitative estimate of drug-likeness (QED) is 0.843. The zero-order chi connectivity index (χ0) is 16.8. The van der Waals surface area contributed by atoms with Gasteiger partial charge in [-0.05, 0) is 43.4 Å². The van der Waals surface area contributed by atoms with Crippen LogP contribution in [0.1, 0.15) is 56.1 Å². The smallest absolute Gasteiger partial charge is 0.223 e. The van der Waals surface area contributed by atoms with Gasteiger partial charge in [0.1, 0.15) is 0 Å². The van der Waals surface area contributed by atoms with E-state index in [9.17, 15) is 9.90 Å². The molecule has 1 atom stereocenters. The fraction of sp³-hybridized carbons (Fsp3) is 0.650. The first-order chi connectivity index (χ1) is 11.8. The Hall–Kier alpha value is -1.39. The van der Waals surface area contributed by atoms with E-state index in [1.165, 1.54) is 30.4 Å². The lowest BCUT2D eigenvalue weighted by Crippen LogP contribution is -2.33. The van der Waals surface area contributed by atoms with Crippen molar-refractivity contribution in [2.45, 2.75) is 64.1 Å². The van der Waals surface area contributed by atoms with Crippen molar-refractivity contribution in [1.82, 2.24) is 10.2 Å². The molecule has 1 heterocycles. The van der Waals surface area contributed by atoms with E-state index in [0.717, 1.165) is 38.8 Å². The molecule has 2 aliphatic rings. The predicted molar refractivity (Wildman–Crippen MR) is 95.4 cm³/mol. The van der Waals surface area contributed by atoms with Crippen LogP contribution in [0.4, 0.5) is 0 Å². The molecular weight excluding hydrogens is 300 g/mol. The Morgan fingerprint density at radius 3 is 2.58 bits per heavy atom. The molecular formula is C20H30N2O2. The van der Waals surface area contributed by atoms with Crippen LogP contribution in [-0.2, 0) is 17.9 Å². The van der Waals surface area contributed by atoms with Gasteiger partial charge in [-0.25, -0.2) is 0 Å². The first kappa shape index (κ1) is 17.4. The second-order valence-electron chi connectivity index (χ2n) is 7.27. The second kappa shape index (κ2) is 8.63. The maximum absolute atomic E-state index is 12.4. The second-order valence-corrected chi connectivity index (χ2v) is 7.27. The van der Waals surface area contributed by atoms with Crippen molar-refractivity contribution in [3.8, 4) is 0 Å². The molecule has 2 fully saturated rings. The molecule has 0 unspecified atom stereocenters. The van der Waals surface area contributed by atoms with Crippen molar-refractivity contribution in [3.63, 3.8) is 0 Å². The summed E-state index contributed by atoms with van der Waals surface area (Å²) in [6.07, 6.45) is 7.97. The molecule has 4 nitrogen and oxygen atoms in total. The van der Waals surface area contributed by atoms with Gasteiger partial charge in [-0.1, -0.05) is 43.5 Å². The number of amides is 1. The lowest BCUT2D eigenvalue weighted by molar-refractivity contribution is -0.126. The summed E-state index contributed by atoms with van der Waals surface area (Å²) >= 11 is 0. The number of hydrogen-bond donors (Lipinski definition) is 2. The molecule has 1 aliphatic heterocycles. The van der Waals surface area contributed by atoms with Gasteiger partial charge < -0.3 is 10.4 Å². The Balaban J connectivity index is 1.58. The van der Waals surface area contributed by atoms with Crippen LogP contribution in [0.15, 0.2) is 24.3 Å². The van der Waals surface area contributed by atoms with Crippen molar-refractivity contribution in [2.24, 2.45) is 5.92 Å². The number of nitrogens with one attached hydrogen (secondary N) is 1. The molecule has 0 radical (unpaired) electrons. The first-order valence-electron chi connectivity index (χ1n) is 9.47. The van der Waals surface area contributed by atoms with E-state index in [0.29, 0.717) is 6.54 Å². The first-order valence-corrected chi connectivity index (χ1v) is 9.47. The molecule has 132 valence electrons. The number of aliphatic hydroxyl groups is 1. The standard InChI is InChI=1S/C20H30N2O2/c23-15-19-11-6-12-22(19)14-18-10-5-4-9-17(18)13-21-20(24)16-7-2-1-3-8-16/h4-5,9-10,16,19,23H,1-3,6-8,11-15H2,(H,21,24)/t19-/m0/s1. The van der Waals surface area contributed by atoms with Crippen LogP contribution in [0.25, 0.3) is 0 Å². The molecule has 24 heavy (non-hydrogen) atoms. The molecule has 2 N–H and O–H groups in total. The summed E-state index contributed by atoms with van der Waals surface area (Å²) in [5.74, 6) is 0.433. The topological polar surface area (TPSA) is 52.6 Å². The molecule has 1 amide bonds. The zero-order valence-electron chi connectivity index (χ0n) is 14.5.